The number of alkyl carbamates (subject to hydrolysis) is 1. The van der Waals surface area contributed by atoms with E-state index in [2.05, 4.69) is 15.4 Å². The zero-order valence-electron chi connectivity index (χ0n) is 12.8. The third-order valence-corrected chi connectivity index (χ3v) is 2.11. The maximum atomic E-state index is 11.4. The van der Waals surface area contributed by atoms with Crippen LogP contribution in [-0.2, 0) is 23.9 Å². The summed E-state index contributed by atoms with van der Waals surface area (Å²) in [6.45, 7) is 4.61. The van der Waals surface area contributed by atoms with Crippen LogP contribution in [0, 0.1) is 0 Å². The van der Waals surface area contributed by atoms with Crippen molar-refractivity contribution in [2.24, 2.45) is 0 Å². The molecule has 0 saturated heterocycles. The second-order valence-corrected chi connectivity index (χ2v) is 5.25. The first kappa shape index (κ1) is 18.9. The van der Waals surface area contributed by atoms with Crippen LogP contribution < -0.4 is 10.6 Å². The minimum Gasteiger partial charge on any atom is -0.469 e. The van der Waals surface area contributed by atoms with Crippen molar-refractivity contribution < 1.29 is 28.7 Å². The van der Waals surface area contributed by atoms with E-state index in [1.165, 1.54) is 7.11 Å². The molecule has 0 rings (SSSR count). The van der Waals surface area contributed by atoms with Crippen molar-refractivity contribution in [3.63, 3.8) is 0 Å². The van der Waals surface area contributed by atoms with Crippen molar-refractivity contribution in [3.8, 4) is 0 Å². The van der Waals surface area contributed by atoms with Gasteiger partial charge in [-0.2, -0.15) is 0 Å². The number of amides is 2. The standard InChI is InChI=1S/C13H22N2O6/c1-13(2,3)21-12(19)15-8-10(17)14-7-9(16)5-6-11(18)20-4/h5-8H2,1-4H3,(H,14,17)(H,15,19). The average molecular weight is 302 g/mol. The average Bonchev–Trinajstić information content (AvgIpc) is 2.38. The summed E-state index contributed by atoms with van der Waals surface area (Å²) in [6.07, 6.45) is -0.747. The summed E-state index contributed by atoms with van der Waals surface area (Å²) < 4.78 is 9.33. The molecule has 0 atom stereocenters. The third-order valence-electron chi connectivity index (χ3n) is 2.11. The number of ketones is 1. The Morgan fingerprint density at radius 3 is 2.10 bits per heavy atom. The van der Waals surface area contributed by atoms with Gasteiger partial charge in [-0.3, -0.25) is 14.4 Å². The van der Waals surface area contributed by atoms with Gasteiger partial charge in [0.2, 0.25) is 5.91 Å². The predicted octanol–water partition coefficient (Wildman–Crippen LogP) is 0.150. The van der Waals surface area contributed by atoms with Crippen molar-refractivity contribution in [2.75, 3.05) is 20.2 Å². The second-order valence-electron chi connectivity index (χ2n) is 5.25. The van der Waals surface area contributed by atoms with Crippen molar-refractivity contribution in [1.82, 2.24) is 10.6 Å². The molecule has 0 radical (unpaired) electrons. The van der Waals surface area contributed by atoms with Gasteiger partial charge in [0, 0.05) is 6.42 Å². The molecule has 0 aliphatic rings. The Labute approximate surface area is 123 Å². The summed E-state index contributed by atoms with van der Waals surface area (Å²) in [5.74, 6) is -1.31. The molecule has 0 fully saturated rings. The highest BCUT2D eigenvalue weighted by Gasteiger charge is 2.16. The molecule has 0 aromatic rings. The molecule has 0 saturated carbocycles. The van der Waals surface area contributed by atoms with E-state index in [4.69, 9.17) is 4.74 Å². The van der Waals surface area contributed by atoms with Crippen LogP contribution in [-0.4, -0.2) is 49.6 Å². The molecule has 8 nitrogen and oxygen atoms in total. The summed E-state index contributed by atoms with van der Waals surface area (Å²) in [4.78, 5) is 44.8. The lowest BCUT2D eigenvalue weighted by Gasteiger charge is -2.19. The van der Waals surface area contributed by atoms with Gasteiger partial charge >= 0.3 is 12.1 Å². The van der Waals surface area contributed by atoms with Gasteiger partial charge in [-0.1, -0.05) is 0 Å². The molecule has 0 aliphatic carbocycles. The molecule has 0 bridgehead atoms. The molecule has 8 heteroatoms. The highest BCUT2D eigenvalue weighted by atomic mass is 16.6. The van der Waals surface area contributed by atoms with E-state index < -0.39 is 23.6 Å². The Hall–Kier alpha value is -2.12. The predicted molar refractivity (Wildman–Crippen MR) is 73.5 cm³/mol. The molecule has 2 amide bonds. The molecule has 120 valence electrons. The number of ether oxygens (including phenoxy) is 2. The number of rotatable bonds is 7. The van der Waals surface area contributed by atoms with E-state index in [0.29, 0.717) is 0 Å². The number of carbonyl (C=O) groups excluding carboxylic acids is 4. The van der Waals surface area contributed by atoms with Crippen molar-refractivity contribution in [2.45, 2.75) is 39.2 Å². The summed E-state index contributed by atoms with van der Waals surface area (Å²) in [6, 6.07) is 0. The van der Waals surface area contributed by atoms with Crippen LogP contribution in [0.5, 0.6) is 0 Å². The summed E-state index contributed by atoms with van der Waals surface area (Å²) >= 11 is 0. The van der Waals surface area contributed by atoms with Crippen LogP contribution in [0.4, 0.5) is 4.79 Å². The first-order valence-corrected chi connectivity index (χ1v) is 6.46. The first-order chi connectivity index (χ1) is 9.64. The smallest absolute Gasteiger partial charge is 0.408 e. The van der Waals surface area contributed by atoms with E-state index in [9.17, 15) is 19.2 Å². The van der Waals surface area contributed by atoms with Gasteiger partial charge in [0.05, 0.1) is 20.1 Å². The van der Waals surface area contributed by atoms with Gasteiger partial charge in [0.1, 0.15) is 12.1 Å². The molecular weight excluding hydrogens is 280 g/mol. The summed E-state index contributed by atoms with van der Waals surface area (Å²) in [5.41, 5.74) is -0.648. The summed E-state index contributed by atoms with van der Waals surface area (Å²) in [7, 11) is 1.23. The number of carbonyl (C=O) groups is 4. The van der Waals surface area contributed by atoms with E-state index >= 15 is 0 Å². The Bertz CT molecular complexity index is 400. The SMILES string of the molecule is COC(=O)CCC(=O)CNC(=O)CNC(=O)OC(C)(C)C. The van der Waals surface area contributed by atoms with E-state index in [-0.39, 0.29) is 31.7 Å². The monoisotopic (exact) mass is 302 g/mol. The molecule has 0 aliphatic heterocycles. The van der Waals surface area contributed by atoms with Crippen LogP contribution in [0.3, 0.4) is 0 Å². The maximum Gasteiger partial charge on any atom is 0.408 e. The van der Waals surface area contributed by atoms with Crippen molar-refractivity contribution >= 4 is 23.8 Å². The molecule has 0 aromatic heterocycles. The number of esters is 1. The molecular formula is C13H22N2O6. The molecule has 21 heavy (non-hydrogen) atoms. The quantitative estimate of drug-likeness (QED) is 0.648. The van der Waals surface area contributed by atoms with Crippen LogP contribution >= 0.6 is 0 Å². The van der Waals surface area contributed by atoms with Gasteiger partial charge in [-0.15, -0.1) is 0 Å². The molecule has 2 N–H and O–H groups in total. The number of Topliss-reactive ketones (excluding diaryl/α,β-unsaturated/α-hetero) is 1. The molecule has 0 spiro atoms. The van der Waals surface area contributed by atoms with E-state index in [0.717, 1.165) is 0 Å². The number of nitrogens with one attached hydrogen (secondary N) is 2. The first-order valence-electron chi connectivity index (χ1n) is 6.46. The van der Waals surface area contributed by atoms with Crippen LogP contribution in [0.25, 0.3) is 0 Å². The van der Waals surface area contributed by atoms with Crippen LogP contribution in [0.1, 0.15) is 33.6 Å². The number of hydrogen-bond donors (Lipinski definition) is 2. The topological polar surface area (TPSA) is 111 Å². The Kier molecular flexibility index (Phi) is 8.03. The third kappa shape index (κ3) is 11.4. The van der Waals surface area contributed by atoms with Crippen LogP contribution in [0.15, 0.2) is 0 Å². The molecule has 0 unspecified atom stereocenters. The van der Waals surface area contributed by atoms with Gasteiger partial charge in [0.25, 0.3) is 0 Å². The van der Waals surface area contributed by atoms with Gasteiger partial charge in [-0.05, 0) is 20.8 Å². The fourth-order valence-electron chi connectivity index (χ4n) is 1.16. The Morgan fingerprint density at radius 1 is 0.952 bits per heavy atom. The normalized spacial score (nSPS) is 10.5. The minimum atomic E-state index is -0.713. The van der Waals surface area contributed by atoms with Crippen LogP contribution in [0.2, 0.25) is 0 Å². The highest BCUT2D eigenvalue weighted by Crippen LogP contribution is 2.05. The van der Waals surface area contributed by atoms with E-state index in [1.807, 2.05) is 0 Å². The largest absolute Gasteiger partial charge is 0.469 e. The molecule has 0 aromatic carbocycles. The zero-order valence-corrected chi connectivity index (χ0v) is 12.8. The highest BCUT2D eigenvalue weighted by molar-refractivity contribution is 5.89. The Balaban J connectivity index is 3.83. The lowest BCUT2D eigenvalue weighted by Crippen LogP contribution is -2.41. The summed E-state index contributed by atoms with van der Waals surface area (Å²) in [5, 5.41) is 4.59. The van der Waals surface area contributed by atoms with Crippen molar-refractivity contribution in [3.05, 3.63) is 0 Å². The van der Waals surface area contributed by atoms with Gasteiger partial charge in [0.15, 0.2) is 5.78 Å². The number of hydrogen-bond acceptors (Lipinski definition) is 6. The fourth-order valence-corrected chi connectivity index (χ4v) is 1.16. The van der Waals surface area contributed by atoms with E-state index in [1.54, 1.807) is 20.8 Å². The van der Waals surface area contributed by atoms with Gasteiger partial charge in [-0.25, -0.2) is 4.79 Å². The molecule has 0 heterocycles. The lowest BCUT2D eigenvalue weighted by atomic mass is 10.2. The van der Waals surface area contributed by atoms with Gasteiger partial charge < -0.3 is 20.1 Å². The second kappa shape index (κ2) is 8.93. The lowest BCUT2D eigenvalue weighted by molar-refractivity contribution is -0.141. The van der Waals surface area contributed by atoms with Crippen molar-refractivity contribution in [1.29, 1.82) is 0 Å². The minimum absolute atomic E-state index is 0.00749. The maximum absolute atomic E-state index is 11.4. The number of methoxy groups -OCH3 is 1. The zero-order chi connectivity index (χ0) is 16.5. The Morgan fingerprint density at radius 2 is 1.57 bits per heavy atom. The fraction of sp³-hybridized carbons (Fsp3) is 0.692.